The van der Waals surface area contributed by atoms with Crippen molar-refractivity contribution in [3.8, 4) is 0 Å². The van der Waals surface area contributed by atoms with E-state index in [4.69, 9.17) is 9.15 Å². The molecule has 86 valence electrons. The molecule has 1 rings (SSSR count). The lowest BCUT2D eigenvalue weighted by Crippen LogP contribution is -2.21. The van der Waals surface area contributed by atoms with Crippen LogP contribution >= 0.6 is 0 Å². The van der Waals surface area contributed by atoms with E-state index < -0.39 is 0 Å². The first-order valence-corrected chi connectivity index (χ1v) is 5.56. The van der Waals surface area contributed by atoms with Gasteiger partial charge in [-0.3, -0.25) is 0 Å². The highest BCUT2D eigenvalue weighted by Crippen LogP contribution is 2.22. The van der Waals surface area contributed by atoms with Crippen LogP contribution in [-0.4, -0.2) is 20.3 Å². The van der Waals surface area contributed by atoms with Crippen molar-refractivity contribution in [2.75, 3.05) is 20.3 Å². The summed E-state index contributed by atoms with van der Waals surface area (Å²) < 4.78 is 10.4. The molecular weight excluding hydrogens is 190 g/mol. The summed E-state index contributed by atoms with van der Waals surface area (Å²) in [7, 11) is 1.74. The zero-order valence-corrected chi connectivity index (χ0v) is 9.88. The fourth-order valence-electron chi connectivity index (χ4n) is 1.80. The van der Waals surface area contributed by atoms with Gasteiger partial charge in [0, 0.05) is 25.3 Å². The molecule has 1 atom stereocenters. The topological polar surface area (TPSA) is 34.4 Å². The molecule has 0 aliphatic rings. The van der Waals surface area contributed by atoms with Crippen LogP contribution in [0.3, 0.4) is 0 Å². The van der Waals surface area contributed by atoms with Gasteiger partial charge in [-0.15, -0.1) is 0 Å². The Morgan fingerprint density at radius 2 is 2.33 bits per heavy atom. The van der Waals surface area contributed by atoms with Crippen LogP contribution in [0.2, 0.25) is 0 Å². The van der Waals surface area contributed by atoms with Gasteiger partial charge in [-0.05, 0) is 32.4 Å². The first kappa shape index (κ1) is 12.3. The summed E-state index contributed by atoms with van der Waals surface area (Å²) in [4.78, 5) is 0. The number of methoxy groups -OCH3 is 1. The molecule has 0 fully saturated rings. The van der Waals surface area contributed by atoms with Crippen molar-refractivity contribution in [1.82, 2.24) is 5.32 Å². The van der Waals surface area contributed by atoms with Gasteiger partial charge in [0.05, 0.1) is 6.26 Å². The summed E-state index contributed by atoms with van der Waals surface area (Å²) in [5.74, 6) is 1.01. The summed E-state index contributed by atoms with van der Waals surface area (Å²) in [5, 5.41) is 3.47. The summed E-state index contributed by atoms with van der Waals surface area (Å²) >= 11 is 0. The third-order valence-electron chi connectivity index (χ3n) is 2.57. The van der Waals surface area contributed by atoms with Crippen molar-refractivity contribution >= 4 is 0 Å². The molecule has 0 amide bonds. The van der Waals surface area contributed by atoms with Crippen molar-refractivity contribution < 1.29 is 9.15 Å². The van der Waals surface area contributed by atoms with Gasteiger partial charge in [0.1, 0.15) is 5.76 Å². The first-order valence-electron chi connectivity index (χ1n) is 5.56. The molecule has 1 N–H and O–H groups in total. The van der Waals surface area contributed by atoms with Crippen molar-refractivity contribution in [2.24, 2.45) is 0 Å². The number of hydrogen-bond acceptors (Lipinski definition) is 3. The smallest absolute Gasteiger partial charge is 0.105 e. The highest BCUT2D eigenvalue weighted by Gasteiger charge is 2.13. The Labute approximate surface area is 91.8 Å². The van der Waals surface area contributed by atoms with Gasteiger partial charge in [-0.2, -0.15) is 0 Å². The van der Waals surface area contributed by atoms with Crippen LogP contribution in [0.25, 0.3) is 0 Å². The summed E-state index contributed by atoms with van der Waals surface area (Å²) in [6, 6.07) is 2.44. The van der Waals surface area contributed by atoms with Crippen LogP contribution in [0.15, 0.2) is 16.7 Å². The fourth-order valence-corrected chi connectivity index (χ4v) is 1.80. The van der Waals surface area contributed by atoms with Gasteiger partial charge < -0.3 is 14.5 Å². The lowest BCUT2D eigenvalue weighted by molar-refractivity contribution is 0.188. The van der Waals surface area contributed by atoms with Crippen LogP contribution in [0.4, 0.5) is 0 Å². The predicted molar refractivity (Wildman–Crippen MR) is 61.0 cm³/mol. The molecule has 0 aliphatic carbocycles. The Morgan fingerprint density at radius 3 is 2.87 bits per heavy atom. The Hall–Kier alpha value is -0.800. The van der Waals surface area contributed by atoms with E-state index in [9.17, 15) is 0 Å². The molecule has 0 bridgehead atoms. The first-order chi connectivity index (χ1) is 7.29. The minimum absolute atomic E-state index is 0.392. The second-order valence-corrected chi connectivity index (χ2v) is 3.68. The Kier molecular flexibility index (Phi) is 5.43. The van der Waals surface area contributed by atoms with E-state index in [-0.39, 0.29) is 0 Å². The van der Waals surface area contributed by atoms with Gasteiger partial charge in [0.15, 0.2) is 0 Å². The van der Waals surface area contributed by atoms with E-state index in [1.54, 1.807) is 13.4 Å². The molecule has 0 radical (unpaired) electrons. The van der Waals surface area contributed by atoms with E-state index in [0.29, 0.717) is 6.04 Å². The van der Waals surface area contributed by atoms with E-state index >= 15 is 0 Å². The third kappa shape index (κ3) is 3.68. The zero-order valence-electron chi connectivity index (χ0n) is 9.88. The van der Waals surface area contributed by atoms with Crippen molar-refractivity contribution in [3.63, 3.8) is 0 Å². The Morgan fingerprint density at radius 1 is 1.53 bits per heavy atom. The number of aryl methyl sites for hydroxylation is 1. The maximum absolute atomic E-state index is 5.33. The van der Waals surface area contributed by atoms with Crippen molar-refractivity contribution in [1.29, 1.82) is 0 Å². The molecule has 3 heteroatoms. The summed E-state index contributed by atoms with van der Waals surface area (Å²) in [6.07, 6.45) is 3.91. The highest BCUT2D eigenvalue weighted by atomic mass is 16.5. The zero-order chi connectivity index (χ0) is 11.1. The van der Waals surface area contributed by atoms with E-state index in [2.05, 4.69) is 18.3 Å². The van der Waals surface area contributed by atoms with Gasteiger partial charge in [-0.25, -0.2) is 0 Å². The van der Waals surface area contributed by atoms with Gasteiger partial charge in [0.2, 0.25) is 0 Å². The molecule has 0 aromatic carbocycles. The molecule has 0 saturated heterocycles. The van der Waals surface area contributed by atoms with Gasteiger partial charge >= 0.3 is 0 Å². The van der Waals surface area contributed by atoms with Crippen molar-refractivity contribution in [3.05, 3.63) is 23.7 Å². The largest absolute Gasteiger partial charge is 0.469 e. The molecule has 1 heterocycles. The molecule has 0 saturated carbocycles. The predicted octanol–water partition coefficient (Wildman–Crippen LogP) is 2.67. The maximum Gasteiger partial charge on any atom is 0.105 e. The van der Waals surface area contributed by atoms with Crippen LogP contribution in [-0.2, 0) is 4.74 Å². The molecular formula is C12H21NO2. The number of nitrogens with one attached hydrogen (secondary N) is 1. The normalized spacial score (nSPS) is 13.0. The monoisotopic (exact) mass is 211 g/mol. The second kappa shape index (κ2) is 6.64. The lowest BCUT2D eigenvalue weighted by atomic mass is 10.0. The van der Waals surface area contributed by atoms with Crippen molar-refractivity contribution in [2.45, 2.75) is 32.7 Å². The minimum Gasteiger partial charge on any atom is -0.469 e. The second-order valence-electron chi connectivity index (χ2n) is 3.68. The van der Waals surface area contributed by atoms with Gasteiger partial charge in [0.25, 0.3) is 0 Å². The number of ether oxygens (including phenoxy) is 1. The average Bonchev–Trinajstić information content (AvgIpc) is 2.64. The molecule has 1 aromatic heterocycles. The standard InChI is InChI=1S/C12H21NO2/c1-4-13-12(6-5-8-14-3)11-7-9-15-10(11)2/h7,9,12-13H,4-6,8H2,1-3H3. The molecule has 1 aromatic rings. The summed E-state index contributed by atoms with van der Waals surface area (Å²) in [5.41, 5.74) is 1.27. The number of rotatable bonds is 7. The molecule has 15 heavy (non-hydrogen) atoms. The van der Waals surface area contributed by atoms with Crippen LogP contribution in [0, 0.1) is 6.92 Å². The third-order valence-corrected chi connectivity index (χ3v) is 2.57. The van der Waals surface area contributed by atoms with E-state index in [1.165, 1.54) is 5.56 Å². The number of hydrogen-bond donors (Lipinski definition) is 1. The molecule has 0 aliphatic heterocycles. The molecule has 3 nitrogen and oxygen atoms in total. The lowest BCUT2D eigenvalue weighted by Gasteiger charge is -2.17. The average molecular weight is 211 g/mol. The SMILES string of the molecule is CCNC(CCCOC)c1ccoc1C. The maximum atomic E-state index is 5.33. The van der Waals surface area contributed by atoms with Crippen LogP contribution in [0.1, 0.15) is 37.1 Å². The Bertz CT molecular complexity index is 270. The highest BCUT2D eigenvalue weighted by molar-refractivity contribution is 5.20. The molecule has 1 unspecified atom stereocenters. The van der Waals surface area contributed by atoms with E-state index in [1.807, 2.05) is 6.92 Å². The minimum atomic E-state index is 0.392. The summed E-state index contributed by atoms with van der Waals surface area (Å²) in [6.45, 7) is 5.93. The van der Waals surface area contributed by atoms with Crippen LogP contribution < -0.4 is 5.32 Å². The fraction of sp³-hybridized carbons (Fsp3) is 0.667. The van der Waals surface area contributed by atoms with Crippen LogP contribution in [0.5, 0.6) is 0 Å². The van der Waals surface area contributed by atoms with Gasteiger partial charge in [-0.1, -0.05) is 6.92 Å². The Balaban J connectivity index is 2.53. The van der Waals surface area contributed by atoms with E-state index in [0.717, 1.165) is 31.8 Å². The number of furan rings is 1. The molecule has 0 spiro atoms. The quantitative estimate of drug-likeness (QED) is 0.704.